The van der Waals surface area contributed by atoms with E-state index in [9.17, 15) is 0 Å². The van der Waals surface area contributed by atoms with E-state index in [1.165, 1.54) is 23.8 Å². The third-order valence-electron chi connectivity index (χ3n) is 1.33. The molecule has 0 amide bonds. The summed E-state index contributed by atoms with van der Waals surface area (Å²) in [5.41, 5.74) is 13.4. The molecule has 0 unspecified atom stereocenters. The van der Waals surface area contributed by atoms with Crippen molar-refractivity contribution in [3.63, 3.8) is 0 Å². The normalized spacial score (nSPS) is 7.54. The van der Waals surface area contributed by atoms with Crippen molar-refractivity contribution in [1.82, 2.24) is 0 Å². The first-order chi connectivity index (χ1) is 11.8. The van der Waals surface area contributed by atoms with Crippen LogP contribution in [0.3, 0.4) is 0 Å². The zero-order valence-electron chi connectivity index (χ0n) is 20.1. The molecule has 0 heterocycles. The summed E-state index contributed by atoms with van der Waals surface area (Å²) >= 11 is 6.35. The highest BCUT2D eigenvalue weighted by Crippen LogP contribution is 2.05. The molecule has 0 aliphatic carbocycles. The summed E-state index contributed by atoms with van der Waals surface area (Å²) in [6.45, 7) is 28.5. The highest BCUT2D eigenvalue weighted by molar-refractivity contribution is 14.1. The van der Waals surface area contributed by atoms with Gasteiger partial charge in [0.2, 0.25) is 0 Å². The van der Waals surface area contributed by atoms with Crippen LogP contribution in [-0.2, 0) is 0 Å². The van der Waals surface area contributed by atoms with Gasteiger partial charge in [-0.25, -0.2) is 0 Å². The molecule has 0 aromatic carbocycles. The van der Waals surface area contributed by atoms with Gasteiger partial charge in [0.1, 0.15) is 0.594 Å². The largest absolute Gasteiger partial charge is 0.169 e. The van der Waals surface area contributed by atoms with Crippen LogP contribution in [0.2, 0.25) is 0 Å². The van der Waals surface area contributed by atoms with Crippen molar-refractivity contribution in [2.75, 3.05) is 0 Å². The molecule has 0 saturated carbocycles. The maximum atomic E-state index is 5.72. The Morgan fingerprint density at radius 1 is 0.462 bits per heavy atom. The molecule has 6 radical (unpaired) electrons. The van der Waals surface area contributed by atoms with Crippen LogP contribution in [0.25, 0.3) is 0 Å². The first-order valence-corrected chi connectivity index (χ1v) is 12.2. The van der Waals surface area contributed by atoms with E-state index in [-0.39, 0.29) is 7.43 Å². The van der Waals surface area contributed by atoms with E-state index in [2.05, 4.69) is 107 Å². The molecule has 162 valence electrons. The fraction of sp³-hybridized carbons (Fsp3) is 1.00. The predicted molar refractivity (Wildman–Crippen MR) is 173 cm³/mol. The van der Waals surface area contributed by atoms with Gasteiger partial charge in [0.25, 0.3) is 0 Å². The average Bonchev–Trinajstić information content (AvgIpc) is 2.53. The lowest BCUT2D eigenvalue weighted by Crippen LogP contribution is -1.95. The Balaban J connectivity index is -0.0000000203. The third kappa shape index (κ3) is 365. The van der Waals surface area contributed by atoms with Crippen molar-refractivity contribution in [2.45, 2.75) is 97.4 Å². The minimum Gasteiger partial charge on any atom is -0.169 e. The molecule has 0 aliphatic heterocycles. The van der Waals surface area contributed by atoms with Crippen LogP contribution in [-0.4, -0.2) is 17.7 Å². The van der Waals surface area contributed by atoms with Crippen molar-refractivity contribution >= 4 is 108 Å². The van der Waals surface area contributed by atoms with Gasteiger partial charge in [-0.2, -0.15) is 67.1 Å². The number of hydrogen-bond donors (Lipinski definition) is 0. The molecule has 0 saturated heterocycles. The van der Waals surface area contributed by atoms with Crippen LogP contribution >= 0.6 is 90.9 Å². The molecule has 7 heteroatoms. The second-order valence-electron chi connectivity index (χ2n) is 7.68. The quantitative estimate of drug-likeness (QED) is 0.183. The maximum absolute atomic E-state index is 5.72. The molecule has 0 aromatic heterocycles. The molecule has 0 aromatic rings. The monoisotopic (exact) mass is 820 g/mol. The lowest BCUT2D eigenvalue weighted by atomic mass is 10.0. The van der Waals surface area contributed by atoms with Crippen molar-refractivity contribution in [3.8, 4) is 0 Å². The maximum Gasteiger partial charge on any atom is 0.169 e. The van der Waals surface area contributed by atoms with Gasteiger partial charge in [-0.1, -0.05) is 97.4 Å². The lowest BCUT2D eigenvalue weighted by Gasteiger charge is -2.05. The number of hydrogen-bond acceptors (Lipinski definition) is 0. The molecule has 0 bridgehead atoms. The Labute approximate surface area is 232 Å². The molecule has 0 aliphatic rings. The zero-order valence-corrected chi connectivity index (χ0v) is 27.8. The Morgan fingerprint density at radius 3 is 0.500 bits per heavy atom. The topological polar surface area (TPSA) is 0 Å². The molecular weight excluding hydrogens is 768 g/mol. The summed E-state index contributed by atoms with van der Waals surface area (Å²) in [5.74, 6) is 4.20. The van der Waals surface area contributed by atoms with Gasteiger partial charge < -0.3 is 0 Å². The first-order valence-electron chi connectivity index (χ1n) is 8.87. The summed E-state index contributed by atoms with van der Waals surface area (Å²) < 4.78 is 5.72. The standard InChI is InChI=1S/C6H14.3C4H10.CH4.3BI.HI/c1-5(2)6(3)4;3*1-4(2)3;;3*1-2;/h5-6H,1-4H3;3*4H,1-3H3;1H4;;;;1H/i/hT. The van der Waals surface area contributed by atoms with Crippen LogP contribution in [0.4, 0.5) is 0 Å². The number of rotatable bonds is 1. The summed E-state index contributed by atoms with van der Waals surface area (Å²) in [6, 6.07) is 0. The van der Waals surface area contributed by atoms with Crippen LogP contribution in [0.5, 0.6) is 0 Å². The fourth-order valence-corrected chi connectivity index (χ4v) is 0. The third-order valence-corrected chi connectivity index (χ3v) is 1.33. The van der Waals surface area contributed by atoms with Gasteiger partial charge in [0.15, 0.2) is 17.1 Å². The Hall–Kier alpha value is 3.11. The summed E-state index contributed by atoms with van der Waals surface area (Å²) in [7, 11) is 0. The molecule has 0 fully saturated rings. The van der Waals surface area contributed by atoms with E-state index in [1.807, 2.05) is 0 Å². The van der Waals surface area contributed by atoms with E-state index in [4.69, 9.17) is 0.594 Å². The SMILES string of the molecule is C.CC(C)C.CC(C)C.CC(C)C.CC(C)C(C)C.[3H]I.[B]I.[B]I.[B]I. The summed E-state index contributed by atoms with van der Waals surface area (Å²) in [5, 5.41) is 0. The molecule has 0 rings (SSSR count). The molecule has 0 atom stereocenters. The minimum absolute atomic E-state index is 0. The van der Waals surface area contributed by atoms with Crippen LogP contribution < -0.4 is 0 Å². The van der Waals surface area contributed by atoms with Crippen molar-refractivity contribution in [2.24, 2.45) is 29.6 Å². The highest BCUT2D eigenvalue weighted by atomic mass is 127. The summed E-state index contributed by atoms with van der Waals surface area (Å²) in [4.78, 5) is 0. The van der Waals surface area contributed by atoms with Crippen molar-refractivity contribution in [1.29, 1.82) is 0.594 Å². The van der Waals surface area contributed by atoms with Gasteiger partial charge in [0, 0.05) is 0 Å². The predicted octanol–water partition coefficient (Wildman–Crippen LogP) is 10.1. The van der Waals surface area contributed by atoms with Crippen LogP contribution in [0.15, 0.2) is 0 Å². The Kier molecular flexibility index (Phi) is 125. The van der Waals surface area contributed by atoms with Gasteiger partial charge in [-0.05, 0) is 29.6 Å². The second kappa shape index (κ2) is 63.0. The lowest BCUT2D eigenvalue weighted by molar-refractivity contribution is 0.457. The van der Waals surface area contributed by atoms with Gasteiger partial charge in [-0.15, -0.1) is 23.8 Å². The summed E-state index contributed by atoms with van der Waals surface area (Å²) in [6.07, 6.45) is 0. The number of halogens is 4. The zero-order chi connectivity index (χ0) is 23.9. The Morgan fingerprint density at radius 2 is 0.500 bits per heavy atom. The molecule has 0 N–H and O–H groups in total. The first kappa shape index (κ1) is 51.6. The highest BCUT2D eigenvalue weighted by Gasteiger charge is 1.95. The average molecular weight is 820 g/mol. The molecule has 0 nitrogen and oxygen atoms in total. The van der Waals surface area contributed by atoms with Crippen LogP contribution in [0, 0.1) is 29.6 Å². The van der Waals surface area contributed by atoms with Crippen molar-refractivity contribution < 1.29 is 0 Å². The smallest absolute Gasteiger partial charge is 0.169 e. The van der Waals surface area contributed by atoms with Gasteiger partial charge in [-0.3, -0.25) is 0 Å². The van der Waals surface area contributed by atoms with Gasteiger partial charge >= 0.3 is 0 Å². The molecule has 0 spiro atoms. The second-order valence-corrected chi connectivity index (χ2v) is 7.68. The van der Waals surface area contributed by atoms with E-state index in [0.29, 0.717) is 0 Å². The van der Waals surface area contributed by atoms with E-state index < -0.39 is 0 Å². The fourth-order valence-electron chi connectivity index (χ4n) is 0. The minimum atomic E-state index is 0. The molecule has 26 heavy (non-hydrogen) atoms. The van der Waals surface area contributed by atoms with E-state index >= 15 is 0 Å². The Bertz CT molecular complexity index is 114. The van der Waals surface area contributed by atoms with E-state index in [0.717, 1.165) is 29.6 Å². The molecular formula is C19H49B3I4. The van der Waals surface area contributed by atoms with E-state index in [1.54, 1.807) is 67.1 Å². The van der Waals surface area contributed by atoms with Gasteiger partial charge in [0.05, 0.1) is 0 Å². The van der Waals surface area contributed by atoms with Crippen molar-refractivity contribution in [3.05, 3.63) is 0 Å². The van der Waals surface area contributed by atoms with Crippen LogP contribution in [0.1, 0.15) is 97.4 Å².